The maximum Gasteiger partial charge on any atom is 0.212 e. The minimum absolute atomic E-state index is 0.168. The van der Waals surface area contributed by atoms with Crippen LogP contribution in [0.3, 0.4) is 0 Å². The van der Waals surface area contributed by atoms with Crippen LogP contribution < -0.4 is 0 Å². The van der Waals surface area contributed by atoms with E-state index in [1.165, 1.54) is 12.3 Å². The Balaban J connectivity index is 2.44. The highest BCUT2D eigenvalue weighted by Crippen LogP contribution is 2.23. The van der Waals surface area contributed by atoms with Crippen molar-refractivity contribution in [2.24, 2.45) is 0 Å². The molecule has 92 valence electrons. The van der Waals surface area contributed by atoms with Crippen molar-refractivity contribution in [3.63, 3.8) is 0 Å². The van der Waals surface area contributed by atoms with Crippen LogP contribution in [0.5, 0.6) is 0 Å². The van der Waals surface area contributed by atoms with E-state index in [0.29, 0.717) is 15.6 Å². The van der Waals surface area contributed by atoms with Gasteiger partial charge in [0.2, 0.25) is 5.78 Å². The molecule has 0 unspecified atom stereocenters. The number of pyridine rings is 1. The van der Waals surface area contributed by atoms with Crippen LogP contribution in [-0.4, -0.2) is 10.8 Å². The minimum Gasteiger partial charge on any atom is -0.287 e. The second-order valence-electron chi connectivity index (χ2n) is 3.78. The molecule has 2 rings (SSSR count). The fraction of sp³-hybridized carbons (Fsp3) is 0.0769. The number of aryl methyl sites for hydroxylation is 1. The molecule has 2 aromatic rings. The molecule has 0 atom stereocenters. The van der Waals surface area contributed by atoms with Gasteiger partial charge in [0.15, 0.2) is 0 Å². The number of carbonyl (C=O) groups is 1. The molecule has 0 radical (unpaired) electrons. The summed E-state index contributed by atoms with van der Waals surface area (Å²) in [7, 11) is 0. The summed E-state index contributed by atoms with van der Waals surface area (Å²) in [5, 5.41) is 1.15. The molecule has 1 aromatic heterocycles. The van der Waals surface area contributed by atoms with Crippen molar-refractivity contribution in [3.8, 4) is 0 Å². The number of carbonyl (C=O) groups excluding carboxylic acids is 1. The van der Waals surface area contributed by atoms with E-state index in [1.807, 2.05) is 6.92 Å². The van der Waals surface area contributed by atoms with Gasteiger partial charge in [-0.2, -0.15) is 0 Å². The Hall–Kier alpha value is -1.09. The van der Waals surface area contributed by atoms with E-state index in [1.54, 1.807) is 18.2 Å². The van der Waals surface area contributed by atoms with Crippen molar-refractivity contribution < 1.29 is 4.79 Å². The number of halogens is 3. The standard InChI is InChI=1S/C13H8Cl3NO/c1-7-2-3-8(4-10(7)15)13(18)12-11(16)5-9(14)6-17-12/h2-6H,1H3. The first kappa shape index (κ1) is 13.3. The number of hydrogen-bond donors (Lipinski definition) is 0. The van der Waals surface area contributed by atoms with Crippen molar-refractivity contribution in [2.75, 3.05) is 0 Å². The van der Waals surface area contributed by atoms with Crippen LogP contribution in [-0.2, 0) is 0 Å². The number of rotatable bonds is 2. The molecule has 1 aromatic carbocycles. The van der Waals surface area contributed by atoms with Crippen molar-refractivity contribution in [1.82, 2.24) is 4.98 Å². The van der Waals surface area contributed by atoms with Gasteiger partial charge in [-0.25, -0.2) is 4.98 Å². The number of nitrogens with zero attached hydrogens (tertiary/aromatic N) is 1. The van der Waals surface area contributed by atoms with Gasteiger partial charge in [-0.15, -0.1) is 0 Å². The predicted molar refractivity (Wildman–Crippen MR) is 73.9 cm³/mol. The lowest BCUT2D eigenvalue weighted by molar-refractivity contribution is 0.103. The number of ketones is 1. The van der Waals surface area contributed by atoms with E-state index in [4.69, 9.17) is 34.8 Å². The van der Waals surface area contributed by atoms with Gasteiger partial charge in [-0.05, 0) is 24.6 Å². The third kappa shape index (κ3) is 2.66. The lowest BCUT2D eigenvalue weighted by atomic mass is 10.1. The molecule has 5 heteroatoms. The molecule has 0 aliphatic carbocycles. The Kier molecular flexibility index (Phi) is 3.91. The van der Waals surface area contributed by atoms with Crippen molar-refractivity contribution in [3.05, 3.63) is 62.4 Å². The topological polar surface area (TPSA) is 30.0 Å². The highest BCUT2D eigenvalue weighted by atomic mass is 35.5. The molecule has 0 saturated carbocycles. The van der Waals surface area contributed by atoms with Crippen LogP contribution >= 0.6 is 34.8 Å². The number of aromatic nitrogens is 1. The molecule has 0 spiro atoms. The van der Waals surface area contributed by atoms with E-state index in [2.05, 4.69) is 4.98 Å². The first-order valence-electron chi connectivity index (χ1n) is 5.11. The Morgan fingerprint density at radius 3 is 2.44 bits per heavy atom. The lowest BCUT2D eigenvalue weighted by Crippen LogP contribution is -2.05. The molecule has 0 amide bonds. The first-order chi connectivity index (χ1) is 8.49. The third-order valence-electron chi connectivity index (χ3n) is 2.46. The second-order valence-corrected chi connectivity index (χ2v) is 5.03. The Morgan fingerprint density at radius 2 is 1.83 bits per heavy atom. The minimum atomic E-state index is -0.279. The van der Waals surface area contributed by atoms with Gasteiger partial charge in [0.05, 0.1) is 10.0 Å². The zero-order valence-electron chi connectivity index (χ0n) is 9.38. The van der Waals surface area contributed by atoms with Crippen LogP contribution in [0.25, 0.3) is 0 Å². The normalized spacial score (nSPS) is 10.4. The van der Waals surface area contributed by atoms with Gasteiger partial charge in [-0.1, -0.05) is 46.9 Å². The van der Waals surface area contributed by atoms with Crippen LogP contribution in [0.4, 0.5) is 0 Å². The van der Waals surface area contributed by atoms with Gasteiger partial charge in [0.25, 0.3) is 0 Å². The fourth-order valence-corrected chi connectivity index (χ4v) is 2.10. The van der Waals surface area contributed by atoms with Crippen LogP contribution in [0.2, 0.25) is 15.1 Å². The highest BCUT2D eigenvalue weighted by molar-refractivity contribution is 6.37. The van der Waals surface area contributed by atoms with Crippen LogP contribution in [0.15, 0.2) is 30.5 Å². The quantitative estimate of drug-likeness (QED) is 0.760. The van der Waals surface area contributed by atoms with Crippen molar-refractivity contribution in [1.29, 1.82) is 0 Å². The summed E-state index contributed by atoms with van der Waals surface area (Å²) in [6.45, 7) is 1.87. The van der Waals surface area contributed by atoms with E-state index < -0.39 is 0 Å². The molecule has 0 N–H and O–H groups in total. The molecule has 1 heterocycles. The molecule has 18 heavy (non-hydrogen) atoms. The Morgan fingerprint density at radius 1 is 1.11 bits per heavy atom. The summed E-state index contributed by atoms with van der Waals surface area (Å²) in [6, 6.07) is 6.56. The average Bonchev–Trinajstić information content (AvgIpc) is 2.32. The smallest absolute Gasteiger partial charge is 0.212 e. The molecule has 0 aliphatic rings. The Bertz CT molecular complexity index is 626. The van der Waals surface area contributed by atoms with Gasteiger partial charge in [-0.3, -0.25) is 4.79 Å². The van der Waals surface area contributed by atoms with E-state index in [-0.39, 0.29) is 16.5 Å². The third-order valence-corrected chi connectivity index (χ3v) is 3.36. The van der Waals surface area contributed by atoms with Crippen molar-refractivity contribution in [2.45, 2.75) is 6.92 Å². The van der Waals surface area contributed by atoms with Gasteiger partial charge in [0, 0.05) is 16.8 Å². The fourth-order valence-electron chi connectivity index (χ4n) is 1.45. The van der Waals surface area contributed by atoms with E-state index in [9.17, 15) is 4.79 Å². The van der Waals surface area contributed by atoms with E-state index >= 15 is 0 Å². The predicted octanol–water partition coefficient (Wildman–Crippen LogP) is 4.58. The molecule has 2 nitrogen and oxygen atoms in total. The second kappa shape index (κ2) is 5.27. The maximum atomic E-state index is 12.2. The maximum absolute atomic E-state index is 12.2. The SMILES string of the molecule is Cc1ccc(C(=O)c2ncc(Cl)cc2Cl)cc1Cl. The molecule has 0 aliphatic heterocycles. The van der Waals surface area contributed by atoms with E-state index in [0.717, 1.165) is 5.56 Å². The zero-order chi connectivity index (χ0) is 13.3. The number of benzene rings is 1. The molecule has 0 saturated heterocycles. The molecular formula is C13H8Cl3NO. The monoisotopic (exact) mass is 299 g/mol. The lowest BCUT2D eigenvalue weighted by Gasteiger charge is -2.05. The summed E-state index contributed by atoms with van der Waals surface area (Å²) in [6.07, 6.45) is 1.39. The largest absolute Gasteiger partial charge is 0.287 e. The van der Waals surface area contributed by atoms with Gasteiger partial charge in [0.1, 0.15) is 5.69 Å². The Labute approximate surface area is 120 Å². The summed E-state index contributed by atoms with van der Waals surface area (Å²) >= 11 is 17.7. The van der Waals surface area contributed by atoms with Crippen LogP contribution in [0, 0.1) is 6.92 Å². The summed E-state index contributed by atoms with van der Waals surface area (Å²) in [5.74, 6) is -0.279. The summed E-state index contributed by atoms with van der Waals surface area (Å²) in [5.41, 5.74) is 1.52. The van der Waals surface area contributed by atoms with Crippen LogP contribution in [0.1, 0.15) is 21.6 Å². The van der Waals surface area contributed by atoms with Gasteiger partial charge >= 0.3 is 0 Å². The summed E-state index contributed by atoms with van der Waals surface area (Å²) < 4.78 is 0. The van der Waals surface area contributed by atoms with Crippen molar-refractivity contribution >= 4 is 40.6 Å². The highest BCUT2D eigenvalue weighted by Gasteiger charge is 2.15. The van der Waals surface area contributed by atoms with Gasteiger partial charge < -0.3 is 0 Å². The number of hydrogen-bond acceptors (Lipinski definition) is 2. The zero-order valence-corrected chi connectivity index (χ0v) is 11.6. The molecule has 0 bridgehead atoms. The first-order valence-corrected chi connectivity index (χ1v) is 6.24. The molecular weight excluding hydrogens is 293 g/mol. The molecule has 0 fully saturated rings. The summed E-state index contributed by atoms with van der Waals surface area (Å²) in [4.78, 5) is 16.1. The average molecular weight is 301 g/mol.